The normalized spacial score (nSPS) is 13.9. The summed E-state index contributed by atoms with van der Waals surface area (Å²) >= 11 is 9.55. The Balaban J connectivity index is 1.75. The highest BCUT2D eigenvalue weighted by Crippen LogP contribution is 2.44. The number of alkyl halides is 3. The van der Waals surface area contributed by atoms with Gasteiger partial charge < -0.3 is 9.84 Å². The van der Waals surface area contributed by atoms with Crippen LogP contribution in [0.5, 0.6) is 5.75 Å². The summed E-state index contributed by atoms with van der Waals surface area (Å²) in [6.45, 7) is 0.0708. The Morgan fingerprint density at radius 2 is 1.86 bits per heavy atom. The van der Waals surface area contributed by atoms with Crippen LogP contribution in [0.4, 0.5) is 17.6 Å². The Bertz CT molecular complexity index is 1340. The molecule has 0 bridgehead atoms. The number of carboxylic acid groups (broad SMARTS) is 1. The highest BCUT2D eigenvalue weighted by Gasteiger charge is 2.38. The number of halogens is 6. The topological polar surface area (TPSA) is 59.4 Å². The summed E-state index contributed by atoms with van der Waals surface area (Å²) < 4.78 is 59.8. The molecule has 0 aliphatic heterocycles. The molecule has 0 atom stereocenters. The van der Waals surface area contributed by atoms with Crippen molar-refractivity contribution in [1.29, 1.82) is 0 Å². The lowest BCUT2D eigenvalue weighted by molar-refractivity contribution is -0.141. The van der Waals surface area contributed by atoms with Crippen molar-refractivity contribution in [3.63, 3.8) is 0 Å². The van der Waals surface area contributed by atoms with Gasteiger partial charge in [-0.3, -0.25) is 4.98 Å². The van der Waals surface area contributed by atoms with Crippen molar-refractivity contribution in [2.24, 2.45) is 0 Å². The molecule has 35 heavy (non-hydrogen) atoms. The summed E-state index contributed by atoms with van der Waals surface area (Å²) in [4.78, 5) is 15.0. The maximum absolute atomic E-state index is 13.4. The number of allylic oxidation sites excluding steroid dienone is 2. The molecule has 10 heteroatoms. The summed E-state index contributed by atoms with van der Waals surface area (Å²) in [5.74, 6) is -1.66. The molecule has 182 valence electrons. The first kappa shape index (κ1) is 25.2. The largest absolute Gasteiger partial charge is 0.488 e. The number of ether oxygens (including phenoxy) is 1. The van der Waals surface area contributed by atoms with Crippen molar-refractivity contribution in [2.45, 2.75) is 32.0 Å². The zero-order valence-electron chi connectivity index (χ0n) is 17.9. The van der Waals surface area contributed by atoms with Crippen LogP contribution in [0.3, 0.4) is 0 Å². The van der Waals surface area contributed by atoms with Gasteiger partial charge in [0.25, 0.3) is 0 Å². The van der Waals surface area contributed by atoms with Crippen LogP contribution in [0.15, 0.2) is 53.1 Å². The number of carbonyl (C=O) groups is 1. The van der Waals surface area contributed by atoms with Gasteiger partial charge in [0.15, 0.2) is 5.69 Å². The highest BCUT2D eigenvalue weighted by molar-refractivity contribution is 9.10. The molecular weight excluding hydrogens is 554 g/mol. The van der Waals surface area contributed by atoms with Crippen LogP contribution in [0, 0.1) is 5.82 Å². The maximum atomic E-state index is 13.4. The summed E-state index contributed by atoms with van der Waals surface area (Å²) in [5.41, 5.74) is 0.806. The minimum absolute atomic E-state index is 0.0708. The molecule has 3 aromatic rings. The van der Waals surface area contributed by atoms with Crippen LogP contribution in [-0.4, -0.2) is 16.1 Å². The van der Waals surface area contributed by atoms with Crippen LogP contribution < -0.4 is 4.74 Å². The number of carboxylic acids is 1. The van der Waals surface area contributed by atoms with Gasteiger partial charge in [-0.2, -0.15) is 13.2 Å². The van der Waals surface area contributed by atoms with E-state index in [1.807, 2.05) is 6.07 Å². The van der Waals surface area contributed by atoms with E-state index in [2.05, 4.69) is 20.9 Å². The lowest BCUT2D eigenvalue weighted by Crippen LogP contribution is -2.15. The van der Waals surface area contributed by atoms with E-state index in [4.69, 9.17) is 16.3 Å². The maximum Gasteiger partial charge on any atom is 0.434 e. The van der Waals surface area contributed by atoms with E-state index in [9.17, 15) is 27.5 Å². The Morgan fingerprint density at radius 3 is 2.54 bits per heavy atom. The molecule has 0 saturated heterocycles. The van der Waals surface area contributed by atoms with E-state index in [1.54, 1.807) is 12.1 Å². The van der Waals surface area contributed by atoms with Gasteiger partial charge in [-0.05, 0) is 72.4 Å². The zero-order valence-corrected chi connectivity index (χ0v) is 20.3. The number of hydrogen-bond donors (Lipinski definition) is 1. The summed E-state index contributed by atoms with van der Waals surface area (Å²) in [6, 6.07) is 10.4. The van der Waals surface area contributed by atoms with Gasteiger partial charge in [-0.25, -0.2) is 9.18 Å². The summed E-state index contributed by atoms with van der Waals surface area (Å²) in [6.07, 6.45) is -1.94. The van der Waals surface area contributed by atoms with Crippen molar-refractivity contribution in [3.05, 3.63) is 91.9 Å². The van der Waals surface area contributed by atoms with Gasteiger partial charge in [0.1, 0.15) is 18.2 Å². The van der Waals surface area contributed by atoms with Gasteiger partial charge in [-0.1, -0.05) is 33.6 Å². The molecule has 1 heterocycles. The average molecular weight is 571 g/mol. The Labute approximate surface area is 211 Å². The number of hydrogen-bond acceptors (Lipinski definition) is 3. The molecule has 0 amide bonds. The summed E-state index contributed by atoms with van der Waals surface area (Å²) in [5, 5.41) is 9.58. The fraction of sp³-hybridized carbons (Fsp3) is 0.200. The number of benzene rings is 2. The average Bonchev–Trinajstić information content (AvgIpc) is 3.28. The second-order valence-electron chi connectivity index (χ2n) is 7.90. The lowest BCUT2D eigenvalue weighted by Gasteiger charge is -2.16. The smallest absolute Gasteiger partial charge is 0.434 e. The van der Waals surface area contributed by atoms with E-state index < -0.39 is 29.2 Å². The van der Waals surface area contributed by atoms with Crippen molar-refractivity contribution >= 4 is 44.6 Å². The van der Waals surface area contributed by atoms with E-state index in [1.165, 1.54) is 18.2 Å². The van der Waals surface area contributed by atoms with Crippen molar-refractivity contribution in [2.75, 3.05) is 0 Å². The quantitative estimate of drug-likeness (QED) is 0.305. The molecule has 1 aliphatic carbocycles. The standard InChI is InChI=1S/C25H17BrClF4NO3/c26-15-5-7-22(35-12-13-4-6-16(28)10-21(13)27)19(9-15)18-3-1-2-17(18)14-8-20(24(33)34)23(32-11-14)25(29,30)31/h4-11H,1-3,12H2,(H,33,34). The Morgan fingerprint density at radius 1 is 1.11 bits per heavy atom. The molecule has 1 N–H and O–H groups in total. The third-order valence-electron chi connectivity index (χ3n) is 5.62. The number of nitrogens with zero attached hydrogens (tertiary/aromatic N) is 1. The number of aromatic carboxylic acids is 1. The predicted octanol–water partition coefficient (Wildman–Crippen LogP) is 8.03. The molecule has 0 fully saturated rings. The van der Waals surface area contributed by atoms with Crippen molar-refractivity contribution in [1.82, 2.24) is 4.98 Å². The fourth-order valence-electron chi connectivity index (χ4n) is 4.04. The first-order valence-electron chi connectivity index (χ1n) is 10.4. The van der Waals surface area contributed by atoms with Gasteiger partial charge in [0, 0.05) is 21.8 Å². The van der Waals surface area contributed by atoms with Gasteiger partial charge >= 0.3 is 12.1 Å². The molecule has 1 aliphatic rings. The van der Waals surface area contributed by atoms with Gasteiger partial charge in [-0.15, -0.1) is 0 Å². The molecule has 0 saturated carbocycles. The van der Waals surface area contributed by atoms with E-state index >= 15 is 0 Å². The van der Waals surface area contributed by atoms with Crippen molar-refractivity contribution < 1.29 is 32.2 Å². The lowest BCUT2D eigenvalue weighted by atomic mass is 9.96. The number of rotatable bonds is 6. The number of pyridine rings is 1. The first-order valence-corrected chi connectivity index (χ1v) is 11.6. The predicted molar refractivity (Wildman–Crippen MR) is 127 cm³/mol. The van der Waals surface area contributed by atoms with E-state index in [0.717, 1.165) is 28.7 Å². The molecule has 4 nitrogen and oxygen atoms in total. The molecule has 4 rings (SSSR count). The monoisotopic (exact) mass is 569 g/mol. The van der Waals surface area contributed by atoms with Crippen LogP contribution in [0.1, 0.15) is 52.0 Å². The number of aromatic nitrogens is 1. The zero-order chi connectivity index (χ0) is 25.3. The third kappa shape index (κ3) is 5.51. The Hall–Kier alpha value is -2.91. The molecule has 1 aromatic heterocycles. The summed E-state index contributed by atoms with van der Waals surface area (Å²) in [7, 11) is 0. The molecule has 0 radical (unpaired) electrons. The second kappa shape index (κ2) is 9.99. The highest BCUT2D eigenvalue weighted by atomic mass is 79.9. The fourth-order valence-corrected chi connectivity index (χ4v) is 4.62. The molecular formula is C25H17BrClF4NO3. The SMILES string of the molecule is O=C(O)c1cc(C2=C(c3cc(Br)ccc3OCc3ccc(F)cc3Cl)CCC2)cnc1C(F)(F)F. The minimum Gasteiger partial charge on any atom is -0.488 e. The van der Waals surface area contributed by atoms with Crippen LogP contribution in [0.25, 0.3) is 11.1 Å². The second-order valence-corrected chi connectivity index (χ2v) is 9.22. The van der Waals surface area contributed by atoms with Crippen molar-refractivity contribution in [3.8, 4) is 5.75 Å². The van der Waals surface area contributed by atoms with E-state index in [0.29, 0.717) is 40.9 Å². The van der Waals surface area contributed by atoms with Gasteiger partial charge in [0.05, 0.1) is 10.6 Å². The van der Waals surface area contributed by atoms with Gasteiger partial charge in [0.2, 0.25) is 0 Å². The van der Waals surface area contributed by atoms with Crippen LogP contribution in [0.2, 0.25) is 5.02 Å². The van der Waals surface area contributed by atoms with Crippen LogP contribution >= 0.6 is 27.5 Å². The minimum atomic E-state index is -4.88. The first-order chi connectivity index (χ1) is 16.5. The van der Waals surface area contributed by atoms with Crippen LogP contribution in [-0.2, 0) is 12.8 Å². The Kier molecular flexibility index (Phi) is 7.19. The molecule has 2 aromatic carbocycles. The third-order valence-corrected chi connectivity index (χ3v) is 6.46. The molecule has 0 spiro atoms. The van der Waals surface area contributed by atoms with E-state index in [-0.39, 0.29) is 11.6 Å². The molecule has 0 unspecified atom stereocenters.